The Bertz CT molecular complexity index is 956. The van der Waals surface area contributed by atoms with Crippen LogP contribution < -0.4 is 5.32 Å². The lowest BCUT2D eigenvalue weighted by atomic mass is 9.94. The summed E-state index contributed by atoms with van der Waals surface area (Å²) in [7, 11) is 0. The number of rotatable bonds is 5. The quantitative estimate of drug-likeness (QED) is 0.736. The molecule has 3 heterocycles. The molecule has 1 aliphatic heterocycles. The first-order valence-electron chi connectivity index (χ1n) is 10.1. The first-order chi connectivity index (χ1) is 13.6. The van der Waals surface area contributed by atoms with Crippen molar-refractivity contribution < 1.29 is 4.79 Å². The summed E-state index contributed by atoms with van der Waals surface area (Å²) in [6, 6.07) is 12.4. The standard InChI is InChI=1S/C23H28N4O/c1-17-9-12-26(13-10-17)21(20-6-4-3-5-18(20)2)15-25-23(28)19-7-8-22-24-11-14-27(22)16-19/h3-8,11,14,16-17,21H,9-10,12-13,15H2,1-2H3,(H,25,28)/t21-/m0/s1. The van der Waals surface area contributed by atoms with Gasteiger partial charge < -0.3 is 9.72 Å². The first kappa shape index (κ1) is 18.7. The fourth-order valence-corrected chi connectivity index (χ4v) is 4.08. The monoisotopic (exact) mass is 376 g/mol. The Morgan fingerprint density at radius 1 is 1.21 bits per heavy atom. The number of nitrogens with one attached hydrogen (secondary N) is 1. The fourth-order valence-electron chi connectivity index (χ4n) is 4.08. The van der Waals surface area contributed by atoms with E-state index in [9.17, 15) is 4.79 Å². The highest BCUT2D eigenvalue weighted by Crippen LogP contribution is 2.28. The zero-order chi connectivity index (χ0) is 19.5. The van der Waals surface area contributed by atoms with Crippen LogP contribution in [0.1, 0.15) is 47.3 Å². The highest BCUT2D eigenvalue weighted by molar-refractivity contribution is 5.94. The third-order valence-corrected chi connectivity index (χ3v) is 5.91. The van der Waals surface area contributed by atoms with Gasteiger partial charge in [0.2, 0.25) is 0 Å². The van der Waals surface area contributed by atoms with Crippen molar-refractivity contribution in [3.8, 4) is 0 Å². The molecular weight excluding hydrogens is 348 g/mol. The molecule has 1 amide bonds. The van der Waals surface area contributed by atoms with Crippen LogP contribution in [0.15, 0.2) is 55.0 Å². The topological polar surface area (TPSA) is 49.6 Å². The molecule has 146 valence electrons. The van der Waals surface area contributed by atoms with Crippen LogP contribution in [-0.4, -0.2) is 39.8 Å². The number of amides is 1. The maximum Gasteiger partial charge on any atom is 0.252 e. The van der Waals surface area contributed by atoms with Crippen LogP contribution in [0.5, 0.6) is 0 Å². The molecule has 0 bridgehead atoms. The summed E-state index contributed by atoms with van der Waals surface area (Å²) in [5, 5.41) is 3.18. The van der Waals surface area contributed by atoms with E-state index < -0.39 is 0 Å². The predicted molar refractivity (Wildman–Crippen MR) is 111 cm³/mol. The summed E-state index contributed by atoms with van der Waals surface area (Å²) in [6.07, 6.45) is 7.87. The largest absolute Gasteiger partial charge is 0.350 e. The van der Waals surface area contributed by atoms with E-state index >= 15 is 0 Å². The van der Waals surface area contributed by atoms with Crippen LogP contribution in [0.25, 0.3) is 5.65 Å². The van der Waals surface area contributed by atoms with E-state index in [1.54, 1.807) is 6.20 Å². The van der Waals surface area contributed by atoms with Gasteiger partial charge in [-0.3, -0.25) is 9.69 Å². The van der Waals surface area contributed by atoms with E-state index in [4.69, 9.17) is 0 Å². The third kappa shape index (κ3) is 3.94. The maximum atomic E-state index is 12.8. The lowest BCUT2D eigenvalue weighted by Gasteiger charge is -2.37. The number of carbonyl (C=O) groups is 1. The summed E-state index contributed by atoms with van der Waals surface area (Å²) in [5.41, 5.74) is 4.08. The van der Waals surface area contributed by atoms with Gasteiger partial charge in [-0.05, 0) is 62.0 Å². The van der Waals surface area contributed by atoms with Crippen LogP contribution in [0.3, 0.4) is 0 Å². The third-order valence-electron chi connectivity index (χ3n) is 5.91. The van der Waals surface area contributed by atoms with Crippen molar-refractivity contribution in [1.29, 1.82) is 0 Å². The minimum Gasteiger partial charge on any atom is -0.350 e. The summed E-state index contributed by atoms with van der Waals surface area (Å²) < 4.78 is 1.87. The molecule has 1 aliphatic rings. The summed E-state index contributed by atoms with van der Waals surface area (Å²) >= 11 is 0. The predicted octanol–water partition coefficient (Wildman–Crippen LogP) is 3.85. The van der Waals surface area contributed by atoms with Crippen molar-refractivity contribution in [3.63, 3.8) is 0 Å². The average molecular weight is 377 g/mol. The van der Waals surface area contributed by atoms with Crippen molar-refractivity contribution in [2.75, 3.05) is 19.6 Å². The van der Waals surface area contributed by atoms with Crippen LogP contribution >= 0.6 is 0 Å². The number of aromatic nitrogens is 2. The molecule has 1 aromatic carbocycles. The second-order valence-electron chi connectivity index (χ2n) is 7.91. The van der Waals surface area contributed by atoms with Gasteiger partial charge in [-0.15, -0.1) is 0 Å². The number of hydrogen-bond acceptors (Lipinski definition) is 3. The second kappa shape index (κ2) is 8.15. The number of piperidine rings is 1. The summed E-state index contributed by atoms with van der Waals surface area (Å²) in [6.45, 7) is 7.26. The van der Waals surface area contributed by atoms with Gasteiger partial charge in [0, 0.05) is 25.1 Å². The molecule has 0 unspecified atom stereocenters. The Morgan fingerprint density at radius 2 is 2.00 bits per heavy atom. The molecule has 0 saturated carbocycles. The molecule has 1 fully saturated rings. The Balaban J connectivity index is 1.51. The highest BCUT2D eigenvalue weighted by Gasteiger charge is 2.26. The molecule has 1 N–H and O–H groups in total. The van der Waals surface area contributed by atoms with Crippen molar-refractivity contribution in [2.45, 2.75) is 32.7 Å². The maximum absolute atomic E-state index is 12.8. The Labute approximate surface area is 166 Å². The normalized spacial score (nSPS) is 16.9. The molecule has 5 heteroatoms. The van der Waals surface area contributed by atoms with Crippen molar-refractivity contribution >= 4 is 11.6 Å². The lowest BCUT2D eigenvalue weighted by molar-refractivity contribution is 0.0912. The molecule has 0 aliphatic carbocycles. The molecule has 2 aromatic heterocycles. The van der Waals surface area contributed by atoms with E-state index in [2.05, 4.69) is 53.3 Å². The van der Waals surface area contributed by atoms with Crippen LogP contribution in [0.4, 0.5) is 0 Å². The SMILES string of the molecule is Cc1ccccc1[C@H](CNC(=O)c1ccc2nccn2c1)N1CCC(C)CC1. The number of likely N-dealkylation sites (tertiary alicyclic amines) is 1. The minimum absolute atomic E-state index is 0.0421. The summed E-state index contributed by atoms with van der Waals surface area (Å²) in [5.74, 6) is 0.741. The van der Waals surface area contributed by atoms with Gasteiger partial charge in [0.05, 0.1) is 11.6 Å². The van der Waals surface area contributed by atoms with Crippen molar-refractivity contribution in [1.82, 2.24) is 19.6 Å². The van der Waals surface area contributed by atoms with E-state index in [-0.39, 0.29) is 11.9 Å². The Kier molecular flexibility index (Phi) is 5.44. The second-order valence-corrected chi connectivity index (χ2v) is 7.91. The number of fused-ring (bicyclic) bond motifs is 1. The van der Waals surface area contributed by atoms with Gasteiger partial charge >= 0.3 is 0 Å². The Hall–Kier alpha value is -2.66. The number of benzene rings is 1. The van der Waals surface area contributed by atoms with Crippen LogP contribution in [0, 0.1) is 12.8 Å². The Morgan fingerprint density at radius 3 is 2.79 bits per heavy atom. The van der Waals surface area contributed by atoms with Gasteiger partial charge in [0.15, 0.2) is 0 Å². The minimum atomic E-state index is -0.0421. The van der Waals surface area contributed by atoms with Gasteiger partial charge in [-0.1, -0.05) is 31.2 Å². The lowest BCUT2D eigenvalue weighted by Crippen LogP contribution is -2.42. The number of imidazole rings is 1. The van der Waals surface area contributed by atoms with Crippen molar-refractivity contribution in [3.05, 3.63) is 71.7 Å². The molecule has 5 nitrogen and oxygen atoms in total. The molecule has 1 saturated heterocycles. The summed E-state index contributed by atoms with van der Waals surface area (Å²) in [4.78, 5) is 19.6. The number of pyridine rings is 1. The average Bonchev–Trinajstić information content (AvgIpc) is 3.18. The zero-order valence-corrected chi connectivity index (χ0v) is 16.6. The number of aryl methyl sites for hydroxylation is 1. The van der Waals surface area contributed by atoms with Gasteiger partial charge in [-0.2, -0.15) is 0 Å². The van der Waals surface area contributed by atoms with Crippen molar-refractivity contribution in [2.24, 2.45) is 5.92 Å². The number of nitrogens with zero attached hydrogens (tertiary/aromatic N) is 3. The van der Waals surface area contributed by atoms with E-state index in [0.717, 1.165) is 24.7 Å². The molecule has 0 radical (unpaired) electrons. The van der Waals surface area contributed by atoms with Crippen LogP contribution in [-0.2, 0) is 0 Å². The molecule has 4 rings (SSSR count). The fraction of sp³-hybridized carbons (Fsp3) is 0.391. The molecule has 0 spiro atoms. The van der Waals surface area contributed by atoms with Crippen LogP contribution in [0.2, 0.25) is 0 Å². The van der Waals surface area contributed by atoms with E-state index in [1.807, 2.05) is 28.9 Å². The van der Waals surface area contributed by atoms with E-state index in [0.29, 0.717) is 12.1 Å². The smallest absolute Gasteiger partial charge is 0.252 e. The number of carbonyl (C=O) groups excluding carboxylic acids is 1. The number of hydrogen-bond donors (Lipinski definition) is 1. The van der Waals surface area contributed by atoms with Gasteiger partial charge in [-0.25, -0.2) is 4.98 Å². The molecule has 1 atom stereocenters. The first-order valence-corrected chi connectivity index (χ1v) is 10.1. The van der Waals surface area contributed by atoms with Gasteiger partial charge in [0.25, 0.3) is 5.91 Å². The molecule has 3 aromatic rings. The molecule has 28 heavy (non-hydrogen) atoms. The van der Waals surface area contributed by atoms with E-state index in [1.165, 1.54) is 24.0 Å². The molecular formula is C23H28N4O. The highest BCUT2D eigenvalue weighted by atomic mass is 16.1. The van der Waals surface area contributed by atoms with Gasteiger partial charge in [0.1, 0.15) is 5.65 Å². The zero-order valence-electron chi connectivity index (χ0n) is 16.6.